The molecule has 2 rings (SSSR count). The van der Waals surface area contributed by atoms with Crippen LogP contribution in [0.3, 0.4) is 0 Å². The van der Waals surface area contributed by atoms with E-state index in [9.17, 15) is 5.11 Å². The summed E-state index contributed by atoms with van der Waals surface area (Å²) in [4.78, 5) is 4.26. The second kappa shape index (κ2) is 3.56. The average molecular weight is 209 g/mol. The van der Waals surface area contributed by atoms with Crippen LogP contribution in [0.1, 0.15) is 5.69 Å². The van der Waals surface area contributed by atoms with E-state index in [1.807, 2.05) is 11.4 Å². The number of nitrogens with zero attached hydrogens (tertiary/aromatic N) is 2. The lowest BCUT2D eigenvalue weighted by molar-refractivity contribution is 0.479. The molecule has 2 aromatic rings. The largest absolute Gasteiger partial charge is 0.507 e. The Morgan fingerprint density at radius 2 is 2.43 bits per heavy atom. The molecule has 0 bridgehead atoms. The molecule has 14 heavy (non-hydrogen) atoms. The second-order valence-electron chi connectivity index (χ2n) is 3.09. The van der Waals surface area contributed by atoms with Gasteiger partial charge < -0.3 is 14.8 Å². The van der Waals surface area contributed by atoms with Gasteiger partial charge in [0.25, 0.3) is 0 Å². The Morgan fingerprint density at radius 1 is 1.64 bits per heavy atom. The van der Waals surface area contributed by atoms with E-state index in [4.69, 9.17) is 0 Å². The zero-order chi connectivity index (χ0) is 10.1. The number of hydrogen-bond acceptors (Lipinski definition) is 3. The molecule has 1 unspecified atom stereocenters. The third kappa shape index (κ3) is 1.37. The maximum absolute atomic E-state index is 9.55. The minimum atomic E-state index is 0.278. The molecule has 1 atom stereocenters. The van der Waals surface area contributed by atoms with E-state index >= 15 is 0 Å². The Bertz CT molecular complexity index is 466. The van der Waals surface area contributed by atoms with E-state index in [1.165, 1.54) is 0 Å². The molecule has 0 aliphatic heterocycles. The van der Waals surface area contributed by atoms with Crippen LogP contribution in [0.2, 0.25) is 0 Å². The van der Waals surface area contributed by atoms with E-state index in [0.29, 0.717) is 6.54 Å². The first-order chi connectivity index (χ1) is 6.74. The SMILES string of the molecule is CNCc1ncn2ccc(O)c(P)c12. The van der Waals surface area contributed by atoms with Crippen molar-refractivity contribution >= 4 is 20.1 Å². The molecule has 0 aliphatic carbocycles. The summed E-state index contributed by atoms with van der Waals surface area (Å²) in [5, 5.41) is 13.4. The molecule has 0 amide bonds. The Labute approximate surface area is 84.2 Å². The first-order valence-electron chi connectivity index (χ1n) is 4.31. The molecule has 2 N–H and O–H groups in total. The van der Waals surface area contributed by atoms with Gasteiger partial charge in [0.1, 0.15) is 5.75 Å². The number of pyridine rings is 1. The van der Waals surface area contributed by atoms with Crippen molar-refractivity contribution in [2.75, 3.05) is 7.05 Å². The van der Waals surface area contributed by atoms with E-state index < -0.39 is 0 Å². The van der Waals surface area contributed by atoms with Crippen molar-refractivity contribution in [2.45, 2.75) is 6.54 Å². The predicted molar refractivity (Wildman–Crippen MR) is 59.0 cm³/mol. The molecule has 2 heterocycles. The summed E-state index contributed by atoms with van der Waals surface area (Å²) >= 11 is 0. The highest BCUT2D eigenvalue weighted by molar-refractivity contribution is 7.28. The Kier molecular flexibility index (Phi) is 2.40. The number of rotatable bonds is 2. The third-order valence-electron chi connectivity index (χ3n) is 2.14. The minimum Gasteiger partial charge on any atom is -0.507 e. The topological polar surface area (TPSA) is 49.6 Å². The smallest absolute Gasteiger partial charge is 0.126 e. The zero-order valence-corrected chi connectivity index (χ0v) is 9.01. The number of hydrogen-bond donors (Lipinski definition) is 2. The van der Waals surface area contributed by atoms with Gasteiger partial charge in [-0.1, -0.05) is 9.24 Å². The Morgan fingerprint density at radius 3 is 3.14 bits per heavy atom. The highest BCUT2D eigenvalue weighted by Gasteiger charge is 2.08. The number of nitrogens with one attached hydrogen (secondary N) is 1. The quantitative estimate of drug-likeness (QED) is 0.697. The maximum atomic E-state index is 9.55. The van der Waals surface area contributed by atoms with Crippen molar-refractivity contribution in [2.24, 2.45) is 0 Å². The van der Waals surface area contributed by atoms with Crippen LogP contribution in [0.5, 0.6) is 5.75 Å². The summed E-state index contributed by atoms with van der Waals surface area (Å²) in [7, 11) is 4.41. The van der Waals surface area contributed by atoms with Crippen LogP contribution >= 0.6 is 9.24 Å². The zero-order valence-electron chi connectivity index (χ0n) is 7.86. The van der Waals surface area contributed by atoms with Crippen molar-refractivity contribution in [3.8, 4) is 5.75 Å². The van der Waals surface area contributed by atoms with Gasteiger partial charge in [0.2, 0.25) is 0 Å². The molecule has 0 saturated carbocycles. The van der Waals surface area contributed by atoms with Gasteiger partial charge in [-0.25, -0.2) is 4.98 Å². The van der Waals surface area contributed by atoms with Crippen LogP contribution in [0.25, 0.3) is 5.52 Å². The molecule has 0 radical (unpaired) electrons. The van der Waals surface area contributed by atoms with Crippen LogP contribution in [0, 0.1) is 0 Å². The maximum Gasteiger partial charge on any atom is 0.126 e. The summed E-state index contributed by atoms with van der Waals surface area (Å²) in [6, 6.07) is 1.65. The van der Waals surface area contributed by atoms with Crippen LogP contribution < -0.4 is 10.6 Å². The number of aromatic hydroxyl groups is 1. The van der Waals surface area contributed by atoms with Gasteiger partial charge in [0.15, 0.2) is 0 Å². The monoisotopic (exact) mass is 209 g/mol. The fraction of sp³-hybridized carbons (Fsp3) is 0.222. The molecule has 5 heteroatoms. The van der Waals surface area contributed by atoms with Crippen molar-refractivity contribution in [1.29, 1.82) is 0 Å². The number of fused-ring (bicyclic) bond motifs is 1. The summed E-state index contributed by atoms with van der Waals surface area (Å²) in [5.41, 5.74) is 1.89. The van der Waals surface area contributed by atoms with Gasteiger partial charge >= 0.3 is 0 Å². The average Bonchev–Trinajstić information content (AvgIpc) is 2.57. The van der Waals surface area contributed by atoms with Crippen LogP contribution in [-0.2, 0) is 6.54 Å². The van der Waals surface area contributed by atoms with Crippen LogP contribution in [0.4, 0.5) is 0 Å². The molecule has 0 aromatic carbocycles. The van der Waals surface area contributed by atoms with Crippen LogP contribution in [0.15, 0.2) is 18.6 Å². The Balaban J connectivity index is 2.69. The molecule has 0 fully saturated rings. The first kappa shape index (κ1) is 9.44. The summed E-state index contributed by atoms with van der Waals surface area (Å²) in [6.07, 6.45) is 3.54. The molecular formula is C9H12N3OP. The molecule has 2 aromatic heterocycles. The highest BCUT2D eigenvalue weighted by atomic mass is 31.0. The van der Waals surface area contributed by atoms with Gasteiger partial charge in [0.05, 0.1) is 17.5 Å². The summed E-state index contributed by atoms with van der Waals surface area (Å²) < 4.78 is 1.90. The Hall–Kier alpha value is -1.12. The molecule has 0 saturated heterocycles. The highest BCUT2D eigenvalue weighted by Crippen LogP contribution is 2.16. The first-order valence-corrected chi connectivity index (χ1v) is 4.89. The van der Waals surface area contributed by atoms with Crippen molar-refractivity contribution < 1.29 is 5.11 Å². The molecule has 0 spiro atoms. The molecule has 74 valence electrons. The molecule has 0 aliphatic rings. The molecular weight excluding hydrogens is 197 g/mol. The number of imidazole rings is 1. The van der Waals surface area contributed by atoms with Crippen molar-refractivity contribution in [3.63, 3.8) is 0 Å². The van der Waals surface area contributed by atoms with Gasteiger partial charge in [-0.3, -0.25) is 0 Å². The van der Waals surface area contributed by atoms with Gasteiger partial charge in [-0.2, -0.15) is 0 Å². The van der Waals surface area contributed by atoms with Crippen LogP contribution in [-0.4, -0.2) is 21.5 Å². The van der Waals surface area contributed by atoms with Gasteiger partial charge in [0, 0.05) is 18.0 Å². The van der Waals surface area contributed by atoms with Crippen molar-refractivity contribution in [3.05, 3.63) is 24.3 Å². The summed E-state index contributed by atoms with van der Waals surface area (Å²) in [5.74, 6) is 0.278. The lowest BCUT2D eigenvalue weighted by Gasteiger charge is -2.03. The second-order valence-corrected chi connectivity index (χ2v) is 3.67. The predicted octanol–water partition coefficient (Wildman–Crippen LogP) is 0.260. The van der Waals surface area contributed by atoms with E-state index in [0.717, 1.165) is 16.5 Å². The minimum absolute atomic E-state index is 0.278. The fourth-order valence-corrected chi connectivity index (χ4v) is 1.88. The lowest BCUT2D eigenvalue weighted by Crippen LogP contribution is -2.08. The summed E-state index contributed by atoms with van der Waals surface area (Å²) in [6.45, 7) is 0.696. The standard InChI is InChI=1S/C9H12N3OP/c1-10-4-6-8-9(14)7(13)2-3-12(8)5-11-6/h2-3,5,10,13H,4,14H2,1H3. The van der Waals surface area contributed by atoms with E-state index in [-0.39, 0.29) is 5.75 Å². The van der Waals surface area contributed by atoms with Gasteiger partial charge in [-0.15, -0.1) is 0 Å². The molecule has 4 nitrogen and oxygen atoms in total. The lowest BCUT2D eigenvalue weighted by atomic mass is 10.3. The van der Waals surface area contributed by atoms with E-state index in [1.54, 1.807) is 18.6 Å². The third-order valence-corrected chi connectivity index (χ3v) is 2.71. The number of aromatic nitrogens is 2. The van der Waals surface area contributed by atoms with Crippen molar-refractivity contribution in [1.82, 2.24) is 14.7 Å². The fourth-order valence-electron chi connectivity index (χ4n) is 1.47. The van der Waals surface area contributed by atoms with Gasteiger partial charge in [-0.05, 0) is 13.1 Å². The normalized spacial score (nSPS) is 11.0. The van der Waals surface area contributed by atoms with E-state index in [2.05, 4.69) is 19.5 Å².